The van der Waals surface area contributed by atoms with E-state index in [-0.39, 0.29) is 5.56 Å². The number of benzene rings is 2. The molecule has 5 nitrogen and oxygen atoms in total. The summed E-state index contributed by atoms with van der Waals surface area (Å²) in [6.07, 6.45) is 0. The average Bonchev–Trinajstić information content (AvgIpc) is 2.52. The van der Waals surface area contributed by atoms with E-state index in [4.69, 9.17) is 5.11 Å². The van der Waals surface area contributed by atoms with Crippen LogP contribution in [-0.4, -0.2) is 21.0 Å². The van der Waals surface area contributed by atoms with Crippen LogP contribution in [0.3, 0.4) is 0 Å². The Hall–Kier alpha value is -2.95. The number of anilines is 1. The fourth-order valence-corrected chi connectivity index (χ4v) is 2.32. The van der Waals surface area contributed by atoms with E-state index in [1.54, 1.807) is 24.3 Å². The van der Waals surface area contributed by atoms with Crippen LogP contribution in [0, 0.1) is 6.92 Å². The standard InChI is InChI=1S/C17H15N3O2/c1-11-19-15-5-3-2-4-14(15)16(20-11)10-18-13-8-6-12(7-9-13)17(21)22/h2-9,18H,10H2,1H3,(H,21,22). The predicted molar refractivity (Wildman–Crippen MR) is 85.0 cm³/mol. The molecule has 110 valence electrons. The zero-order valence-corrected chi connectivity index (χ0v) is 12.1. The van der Waals surface area contributed by atoms with Gasteiger partial charge in [0.1, 0.15) is 5.82 Å². The summed E-state index contributed by atoms with van der Waals surface area (Å²) in [5, 5.41) is 13.2. The Labute approximate surface area is 127 Å². The zero-order valence-electron chi connectivity index (χ0n) is 12.1. The summed E-state index contributed by atoms with van der Waals surface area (Å²) < 4.78 is 0. The van der Waals surface area contributed by atoms with Crippen LogP contribution in [0.5, 0.6) is 0 Å². The molecule has 0 aliphatic rings. The molecule has 22 heavy (non-hydrogen) atoms. The highest BCUT2D eigenvalue weighted by Crippen LogP contribution is 2.17. The van der Waals surface area contributed by atoms with Crippen molar-refractivity contribution in [1.29, 1.82) is 0 Å². The quantitative estimate of drug-likeness (QED) is 0.772. The number of para-hydroxylation sites is 1. The van der Waals surface area contributed by atoms with E-state index in [9.17, 15) is 4.79 Å². The van der Waals surface area contributed by atoms with Crippen LogP contribution < -0.4 is 5.32 Å². The number of aromatic nitrogens is 2. The number of carboxylic acids is 1. The van der Waals surface area contributed by atoms with Crippen LogP contribution in [0.2, 0.25) is 0 Å². The maximum Gasteiger partial charge on any atom is 0.335 e. The Morgan fingerprint density at radius 1 is 1.09 bits per heavy atom. The molecule has 0 amide bonds. The van der Waals surface area contributed by atoms with E-state index in [0.29, 0.717) is 6.54 Å². The monoisotopic (exact) mass is 293 g/mol. The minimum atomic E-state index is -0.927. The molecule has 0 spiro atoms. The van der Waals surface area contributed by atoms with Gasteiger partial charge in [-0.1, -0.05) is 18.2 Å². The molecule has 0 saturated heterocycles. The molecule has 0 aliphatic heterocycles. The highest BCUT2D eigenvalue weighted by Gasteiger charge is 2.06. The highest BCUT2D eigenvalue weighted by molar-refractivity contribution is 5.88. The first kappa shape index (κ1) is 14.0. The number of carbonyl (C=O) groups is 1. The van der Waals surface area contributed by atoms with Gasteiger partial charge < -0.3 is 10.4 Å². The molecular formula is C17H15N3O2. The fourth-order valence-electron chi connectivity index (χ4n) is 2.32. The molecule has 2 N–H and O–H groups in total. The number of nitrogens with zero attached hydrogens (tertiary/aromatic N) is 2. The van der Waals surface area contributed by atoms with Crippen molar-refractivity contribution >= 4 is 22.6 Å². The van der Waals surface area contributed by atoms with Crippen LogP contribution in [0.15, 0.2) is 48.5 Å². The van der Waals surface area contributed by atoms with Gasteiger partial charge in [-0.3, -0.25) is 0 Å². The van der Waals surface area contributed by atoms with Gasteiger partial charge >= 0.3 is 5.97 Å². The van der Waals surface area contributed by atoms with Gasteiger partial charge in [-0.05, 0) is 37.3 Å². The smallest absolute Gasteiger partial charge is 0.335 e. The maximum atomic E-state index is 10.8. The average molecular weight is 293 g/mol. The Bertz CT molecular complexity index is 829. The second kappa shape index (κ2) is 5.81. The van der Waals surface area contributed by atoms with Crippen LogP contribution in [0.1, 0.15) is 21.9 Å². The van der Waals surface area contributed by atoms with Gasteiger partial charge in [-0.2, -0.15) is 0 Å². The summed E-state index contributed by atoms with van der Waals surface area (Å²) >= 11 is 0. The molecule has 0 unspecified atom stereocenters. The van der Waals surface area contributed by atoms with E-state index >= 15 is 0 Å². The summed E-state index contributed by atoms with van der Waals surface area (Å²) in [7, 11) is 0. The molecule has 0 saturated carbocycles. The first-order valence-corrected chi connectivity index (χ1v) is 6.93. The van der Waals surface area contributed by atoms with Gasteiger partial charge in [0.05, 0.1) is 23.3 Å². The van der Waals surface area contributed by atoms with Crippen molar-refractivity contribution in [3.8, 4) is 0 Å². The van der Waals surface area contributed by atoms with Crippen LogP contribution >= 0.6 is 0 Å². The molecule has 0 aliphatic carbocycles. The lowest BCUT2D eigenvalue weighted by molar-refractivity contribution is 0.0697. The SMILES string of the molecule is Cc1nc(CNc2ccc(C(=O)O)cc2)c2ccccc2n1. The summed E-state index contributed by atoms with van der Waals surface area (Å²) in [6.45, 7) is 2.42. The Morgan fingerprint density at radius 3 is 2.55 bits per heavy atom. The van der Waals surface area contributed by atoms with Gasteiger partial charge in [-0.25, -0.2) is 14.8 Å². The van der Waals surface area contributed by atoms with Crippen molar-refractivity contribution in [3.05, 3.63) is 65.6 Å². The first-order valence-electron chi connectivity index (χ1n) is 6.93. The topological polar surface area (TPSA) is 75.1 Å². The second-order valence-electron chi connectivity index (χ2n) is 4.97. The van der Waals surface area contributed by atoms with E-state index in [1.807, 2.05) is 31.2 Å². The van der Waals surface area contributed by atoms with Gasteiger partial charge in [0, 0.05) is 11.1 Å². The van der Waals surface area contributed by atoms with Crippen LogP contribution in [0.25, 0.3) is 10.9 Å². The van der Waals surface area contributed by atoms with Gasteiger partial charge in [0.15, 0.2) is 0 Å². The van der Waals surface area contributed by atoms with Crippen LogP contribution in [-0.2, 0) is 6.54 Å². The van der Waals surface area contributed by atoms with Crippen molar-refractivity contribution in [2.24, 2.45) is 0 Å². The number of hydrogen-bond donors (Lipinski definition) is 2. The van der Waals surface area contributed by atoms with Gasteiger partial charge in [0.2, 0.25) is 0 Å². The highest BCUT2D eigenvalue weighted by atomic mass is 16.4. The molecule has 0 atom stereocenters. The normalized spacial score (nSPS) is 10.6. The molecule has 2 aromatic carbocycles. The minimum absolute atomic E-state index is 0.272. The number of fused-ring (bicyclic) bond motifs is 1. The van der Waals surface area contributed by atoms with Crippen molar-refractivity contribution in [2.75, 3.05) is 5.32 Å². The largest absolute Gasteiger partial charge is 0.478 e. The molecule has 0 fully saturated rings. The molecule has 3 aromatic rings. The fraction of sp³-hybridized carbons (Fsp3) is 0.118. The summed E-state index contributed by atoms with van der Waals surface area (Å²) in [6, 6.07) is 14.5. The lowest BCUT2D eigenvalue weighted by Gasteiger charge is -2.09. The van der Waals surface area contributed by atoms with Gasteiger partial charge in [-0.15, -0.1) is 0 Å². The Kier molecular flexibility index (Phi) is 3.70. The van der Waals surface area contributed by atoms with Crippen molar-refractivity contribution in [3.63, 3.8) is 0 Å². The molecule has 3 rings (SSSR count). The number of nitrogens with one attached hydrogen (secondary N) is 1. The maximum absolute atomic E-state index is 10.8. The zero-order chi connectivity index (χ0) is 15.5. The Balaban J connectivity index is 1.83. The second-order valence-corrected chi connectivity index (χ2v) is 4.97. The molecule has 0 bridgehead atoms. The number of hydrogen-bond acceptors (Lipinski definition) is 4. The number of rotatable bonds is 4. The predicted octanol–water partition coefficient (Wildman–Crippen LogP) is 3.25. The first-order chi connectivity index (χ1) is 10.6. The minimum Gasteiger partial charge on any atom is -0.478 e. The van der Waals surface area contributed by atoms with E-state index in [0.717, 1.165) is 28.1 Å². The molecule has 1 aromatic heterocycles. The number of aromatic carboxylic acids is 1. The van der Waals surface area contributed by atoms with Crippen molar-refractivity contribution < 1.29 is 9.90 Å². The summed E-state index contributed by atoms with van der Waals surface area (Å²) in [5.41, 5.74) is 2.97. The third-order valence-electron chi connectivity index (χ3n) is 3.39. The third kappa shape index (κ3) is 2.88. The van der Waals surface area contributed by atoms with Gasteiger partial charge in [0.25, 0.3) is 0 Å². The van der Waals surface area contributed by atoms with E-state index in [2.05, 4.69) is 15.3 Å². The summed E-state index contributed by atoms with van der Waals surface area (Å²) in [5.74, 6) is -0.194. The molecule has 0 radical (unpaired) electrons. The number of carboxylic acid groups (broad SMARTS) is 1. The van der Waals surface area contributed by atoms with Crippen molar-refractivity contribution in [2.45, 2.75) is 13.5 Å². The van der Waals surface area contributed by atoms with Crippen LogP contribution in [0.4, 0.5) is 5.69 Å². The van der Waals surface area contributed by atoms with E-state index in [1.165, 1.54) is 0 Å². The third-order valence-corrected chi connectivity index (χ3v) is 3.39. The summed E-state index contributed by atoms with van der Waals surface area (Å²) in [4.78, 5) is 19.8. The number of aryl methyl sites for hydroxylation is 1. The van der Waals surface area contributed by atoms with E-state index < -0.39 is 5.97 Å². The van der Waals surface area contributed by atoms with Crippen molar-refractivity contribution in [1.82, 2.24) is 9.97 Å². The molecule has 5 heteroatoms. The molecule has 1 heterocycles. The molecular weight excluding hydrogens is 278 g/mol. The lowest BCUT2D eigenvalue weighted by atomic mass is 10.1. The Morgan fingerprint density at radius 2 is 1.82 bits per heavy atom. The lowest BCUT2D eigenvalue weighted by Crippen LogP contribution is -2.05.